The van der Waals surface area contributed by atoms with Gasteiger partial charge in [-0.1, -0.05) is 0 Å². The Morgan fingerprint density at radius 1 is 0.607 bits per heavy atom. The minimum absolute atomic E-state index is 0.00867. The summed E-state index contributed by atoms with van der Waals surface area (Å²) in [4.78, 5) is 140. The molecule has 4 heterocycles. The number of nitrogens with one attached hydrogen (secondary N) is 4. The molecule has 1 saturated carbocycles. The van der Waals surface area contributed by atoms with Crippen molar-refractivity contribution in [2.24, 2.45) is 11.5 Å². The van der Waals surface area contributed by atoms with Crippen molar-refractivity contribution in [2.45, 2.75) is 12.3 Å². The van der Waals surface area contributed by atoms with Crippen molar-refractivity contribution >= 4 is 65.4 Å². The van der Waals surface area contributed by atoms with Crippen LogP contribution in [0.4, 0.5) is 14.4 Å². The fraction of sp³-hybridized carbons (Fsp3) is 0.0882. The van der Waals surface area contributed by atoms with Crippen LogP contribution in [0, 0.1) is 0 Å². The number of fused-ring (bicyclic) bond motifs is 1. The summed E-state index contributed by atoms with van der Waals surface area (Å²) >= 11 is 0. The first-order chi connectivity index (χ1) is 26.5. The first-order valence-corrected chi connectivity index (χ1v) is 15.9. The Morgan fingerprint density at radius 3 is 1.71 bits per heavy atom. The molecule has 6 rings (SSSR count). The lowest BCUT2D eigenvalue weighted by atomic mass is 10.2. The average Bonchev–Trinajstić information content (AvgIpc) is 3.43. The van der Waals surface area contributed by atoms with Crippen LogP contribution in [-0.4, -0.2) is 109 Å². The van der Waals surface area contributed by atoms with Crippen LogP contribution in [-0.2, 0) is 38.4 Å². The molecule has 6 aliphatic rings. The van der Waals surface area contributed by atoms with Gasteiger partial charge in [-0.15, -0.1) is 0 Å². The largest absolute Gasteiger partial charge is 0.399 e. The van der Waals surface area contributed by atoms with Crippen molar-refractivity contribution in [2.75, 3.05) is 6.54 Å². The minimum atomic E-state index is -1.64. The standard InChI is InChI=1S/C34H26N10O12/c35-15-11-16(37-32(54)42-24(48)5-6-25(42)49)1-2-19(39-33(55)43-26(50)7-8-27(43)51)30-17(31(30)40-34(56)44-28(52)9-10-29(44)53)13-18(36)20(12-15)38-21(45)14-41-22(46)3-4-23(41)47/h1-13,28,31,52H,14,35-36H2,(H,37,54)(H,38,45)(H,39,55)(H,40,56)/b2-1-,15-11?,15-12+,16-1?,16-11+,17-13?,18-13?,19-2?,20-12?,20-18?,30-19?. The Bertz CT molecular complexity index is 2270. The van der Waals surface area contributed by atoms with E-state index in [2.05, 4.69) is 21.3 Å². The lowest BCUT2D eigenvalue weighted by Crippen LogP contribution is -2.46. The highest BCUT2D eigenvalue weighted by Gasteiger charge is 2.45. The summed E-state index contributed by atoms with van der Waals surface area (Å²) in [6.45, 7) is -0.763. The Balaban J connectivity index is 1.44. The lowest BCUT2D eigenvalue weighted by Gasteiger charge is -2.18. The first-order valence-electron chi connectivity index (χ1n) is 15.9. The van der Waals surface area contributed by atoms with E-state index in [1.54, 1.807) is 0 Å². The Hall–Kier alpha value is -8.27. The summed E-state index contributed by atoms with van der Waals surface area (Å²) in [5.74, 6) is -7.32. The highest BCUT2D eigenvalue weighted by Crippen LogP contribution is 2.41. The SMILES string of the molecule is NC1=C(NC(=O)CN2C(=O)C=CC2=O)\C=C(N)/C=C(NC(=O)N2C(=O)C=CC2=O)\C=C/C(NC(=O)N2C(=O)C=CC2=O)=C2C(=C1)C2NC(=O)N1C(=O)C=CC1O. The van der Waals surface area contributed by atoms with E-state index in [0.717, 1.165) is 72.9 Å². The average molecular weight is 767 g/mol. The number of hydrogen-bond donors (Lipinski definition) is 7. The quantitative estimate of drug-likeness (QED) is 0.131. The Labute approximate surface area is 312 Å². The van der Waals surface area contributed by atoms with Gasteiger partial charge in [-0.25, -0.2) is 19.3 Å². The molecule has 22 heteroatoms. The smallest absolute Gasteiger partial charge is 0.336 e. The molecule has 284 valence electrons. The molecule has 14 amide bonds. The molecule has 0 spiro atoms. The van der Waals surface area contributed by atoms with E-state index in [9.17, 15) is 57.8 Å². The molecule has 0 aromatic rings. The molecule has 2 atom stereocenters. The summed E-state index contributed by atoms with van der Waals surface area (Å²) in [7, 11) is 0. The zero-order chi connectivity index (χ0) is 40.6. The summed E-state index contributed by atoms with van der Waals surface area (Å²) in [5, 5.41) is 19.7. The van der Waals surface area contributed by atoms with Gasteiger partial charge in [0.15, 0.2) is 6.23 Å². The van der Waals surface area contributed by atoms with Gasteiger partial charge in [0.25, 0.3) is 41.4 Å². The number of nitrogens with zero attached hydrogens (tertiary/aromatic N) is 4. The van der Waals surface area contributed by atoms with Crippen LogP contribution in [0.5, 0.6) is 0 Å². The molecule has 56 heavy (non-hydrogen) atoms. The van der Waals surface area contributed by atoms with Crippen LogP contribution in [0.3, 0.4) is 0 Å². The second-order valence-corrected chi connectivity index (χ2v) is 11.9. The number of aliphatic hydroxyl groups excluding tert-OH is 1. The molecule has 0 radical (unpaired) electrons. The van der Waals surface area contributed by atoms with Crippen LogP contribution in [0.25, 0.3) is 0 Å². The highest BCUT2D eigenvalue weighted by molar-refractivity contribution is 6.23. The van der Waals surface area contributed by atoms with E-state index < -0.39 is 84.2 Å². The van der Waals surface area contributed by atoms with Crippen molar-refractivity contribution < 1.29 is 57.8 Å². The van der Waals surface area contributed by atoms with Crippen LogP contribution in [0.2, 0.25) is 0 Å². The minimum Gasteiger partial charge on any atom is -0.399 e. The van der Waals surface area contributed by atoms with E-state index in [0.29, 0.717) is 9.80 Å². The number of imide groups is 8. The van der Waals surface area contributed by atoms with Gasteiger partial charge in [0.1, 0.15) is 6.54 Å². The highest BCUT2D eigenvalue weighted by atomic mass is 16.3. The number of carbonyl (C=O) groups excluding carboxylic acids is 11. The Kier molecular flexibility index (Phi) is 9.79. The monoisotopic (exact) mass is 766 g/mol. The molecule has 0 saturated heterocycles. The number of aliphatic hydroxyl groups is 1. The molecule has 0 aromatic heterocycles. The van der Waals surface area contributed by atoms with Crippen LogP contribution in [0.15, 0.2) is 119 Å². The third-order valence-electron chi connectivity index (χ3n) is 8.20. The van der Waals surface area contributed by atoms with Crippen LogP contribution in [0.1, 0.15) is 0 Å². The fourth-order valence-corrected chi connectivity index (χ4v) is 5.53. The van der Waals surface area contributed by atoms with Crippen LogP contribution >= 0.6 is 0 Å². The van der Waals surface area contributed by atoms with Gasteiger partial charge >= 0.3 is 18.1 Å². The molecular weight excluding hydrogens is 740 g/mol. The van der Waals surface area contributed by atoms with Gasteiger partial charge in [0.05, 0.1) is 17.4 Å². The Morgan fingerprint density at radius 2 is 1.16 bits per heavy atom. The molecule has 4 aliphatic heterocycles. The van der Waals surface area contributed by atoms with Crippen molar-refractivity contribution in [3.05, 3.63) is 119 Å². The van der Waals surface area contributed by atoms with Crippen molar-refractivity contribution in [1.82, 2.24) is 40.9 Å². The molecule has 1 fully saturated rings. The summed E-state index contributed by atoms with van der Waals surface area (Å²) < 4.78 is 0. The van der Waals surface area contributed by atoms with Gasteiger partial charge in [-0.05, 0) is 42.0 Å². The molecule has 2 unspecified atom stereocenters. The second-order valence-electron chi connectivity index (χ2n) is 11.9. The lowest BCUT2D eigenvalue weighted by molar-refractivity contribution is -0.141. The molecule has 0 aromatic carbocycles. The van der Waals surface area contributed by atoms with Gasteiger partial charge in [-0.2, -0.15) is 9.80 Å². The third-order valence-corrected chi connectivity index (χ3v) is 8.20. The summed E-state index contributed by atoms with van der Waals surface area (Å²) in [5.41, 5.74) is 11.3. The molecular formula is C34H26N10O12. The van der Waals surface area contributed by atoms with Gasteiger partial charge in [0.2, 0.25) is 5.91 Å². The van der Waals surface area contributed by atoms with Gasteiger partial charge < -0.3 is 37.8 Å². The number of rotatable bonds is 6. The van der Waals surface area contributed by atoms with Gasteiger partial charge in [0, 0.05) is 65.2 Å². The first kappa shape index (κ1) is 37.5. The van der Waals surface area contributed by atoms with Crippen molar-refractivity contribution in [1.29, 1.82) is 0 Å². The number of amides is 14. The number of carbonyl (C=O) groups is 11. The van der Waals surface area contributed by atoms with E-state index in [1.165, 1.54) is 6.08 Å². The van der Waals surface area contributed by atoms with E-state index in [1.807, 2.05) is 0 Å². The number of hydrogen-bond acceptors (Lipinski definition) is 14. The summed E-state index contributed by atoms with van der Waals surface area (Å²) in [6.07, 6.45) is 11.2. The maximum Gasteiger partial charge on any atom is 0.336 e. The van der Waals surface area contributed by atoms with E-state index >= 15 is 0 Å². The zero-order valence-electron chi connectivity index (χ0n) is 28.2. The van der Waals surface area contributed by atoms with E-state index in [4.69, 9.17) is 11.5 Å². The van der Waals surface area contributed by atoms with Crippen molar-refractivity contribution in [3.8, 4) is 0 Å². The normalized spacial score (nSPS) is 24.2. The zero-order valence-corrected chi connectivity index (χ0v) is 28.2. The predicted molar refractivity (Wildman–Crippen MR) is 183 cm³/mol. The van der Waals surface area contributed by atoms with Crippen molar-refractivity contribution in [3.63, 3.8) is 0 Å². The number of urea groups is 3. The van der Waals surface area contributed by atoms with Crippen LogP contribution < -0.4 is 32.7 Å². The molecule has 9 N–H and O–H groups in total. The predicted octanol–water partition coefficient (Wildman–Crippen LogP) is -3.25. The number of allylic oxidation sites excluding steroid dienone is 5. The van der Waals surface area contributed by atoms with Gasteiger partial charge in [-0.3, -0.25) is 43.3 Å². The van der Waals surface area contributed by atoms with E-state index in [-0.39, 0.29) is 49.4 Å². The topological polar surface area (TPSA) is 321 Å². The molecule has 0 bridgehead atoms. The molecule has 2 aliphatic carbocycles. The second kappa shape index (κ2) is 14.6. The fourth-order valence-electron chi connectivity index (χ4n) is 5.53. The molecule has 22 nitrogen and oxygen atoms in total. The third kappa shape index (κ3) is 7.46. The maximum absolute atomic E-state index is 13.3. The number of nitrogens with two attached hydrogens (primary N) is 2. The maximum atomic E-state index is 13.3. The summed E-state index contributed by atoms with van der Waals surface area (Å²) in [6, 6.07) is -4.90.